The third-order valence-electron chi connectivity index (χ3n) is 8.44. The Bertz CT molecular complexity index is 1450. The Morgan fingerprint density at radius 2 is 1.98 bits per heavy atom. The van der Waals surface area contributed by atoms with Gasteiger partial charge in [-0.2, -0.15) is 0 Å². The molecule has 3 aliphatic heterocycles. The fourth-order valence-electron chi connectivity index (χ4n) is 6.11. The second kappa shape index (κ2) is 11.3. The highest BCUT2D eigenvalue weighted by molar-refractivity contribution is 6.30. The van der Waals surface area contributed by atoms with E-state index in [4.69, 9.17) is 35.5 Å². The molecule has 218 valence electrons. The fourth-order valence-corrected chi connectivity index (χ4v) is 6.27. The van der Waals surface area contributed by atoms with E-state index in [9.17, 15) is 9.18 Å². The quantitative estimate of drug-likeness (QED) is 0.309. The highest BCUT2D eigenvalue weighted by atomic mass is 35.5. The van der Waals surface area contributed by atoms with Crippen LogP contribution in [0.4, 0.5) is 4.39 Å². The molecule has 0 spiro atoms. The van der Waals surface area contributed by atoms with E-state index in [0.717, 1.165) is 56.0 Å². The molecule has 3 aliphatic rings. The summed E-state index contributed by atoms with van der Waals surface area (Å²) in [5.41, 5.74) is 2.68. The van der Waals surface area contributed by atoms with E-state index in [1.807, 2.05) is 23.6 Å². The van der Waals surface area contributed by atoms with E-state index in [1.165, 1.54) is 13.2 Å². The molecule has 3 aromatic rings. The zero-order valence-corrected chi connectivity index (χ0v) is 24.4. The van der Waals surface area contributed by atoms with Gasteiger partial charge in [0.1, 0.15) is 11.6 Å². The molecule has 6 rings (SSSR count). The summed E-state index contributed by atoms with van der Waals surface area (Å²) in [5, 5.41) is 0.323. The number of fused-ring (bicyclic) bond motifs is 1. The Morgan fingerprint density at radius 3 is 2.63 bits per heavy atom. The van der Waals surface area contributed by atoms with Crippen LogP contribution in [0.5, 0.6) is 11.5 Å². The first-order valence-electron chi connectivity index (χ1n) is 14.3. The number of carbonyl (C=O) groups excluding carboxylic acids is 1. The van der Waals surface area contributed by atoms with Gasteiger partial charge in [0.2, 0.25) is 0 Å². The lowest BCUT2D eigenvalue weighted by Crippen LogP contribution is -2.36. The lowest BCUT2D eigenvalue weighted by molar-refractivity contribution is -0.0712. The van der Waals surface area contributed by atoms with Gasteiger partial charge in [0, 0.05) is 24.1 Å². The smallest absolute Gasteiger partial charge is 0.356 e. The van der Waals surface area contributed by atoms with Crippen molar-refractivity contribution in [1.82, 2.24) is 14.5 Å². The number of para-hydroxylation sites is 1. The number of likely N-dealkylation sites (tertiary alicyclic amines) is 1. The number of nitrogens with zero attached hydrogens (tertiary/aromatic N) is 3. The summed E-state index contributed by atoms with van der Waals surface area (Å²) in [5.74, 6) is 0.328. The Hall–Kier alpha value is -3.14. The minimum Gasteiger partial charge on any atom is -0.464 e. The normalized spacial score (nSPS) is 22.5. The van der Waals surface area contributed by atoms with Crippen LogP contribution in [0.25, 0.3) is 0 Å². The zero-order valence-electron chi connectivity index (χ0n) is 23.6. The van der Waals surface area contributed by atoms with Crippen LogP contribution in [0.1, 0.15) is 72.2 Å². The van der Waals surface area contributed by atoms with Crippen molar-refractivity contribution in [3.63, 3.8) is 0 Å². The van der Waals surface area contributed by atoms with Gasteiger partial charge in [-0.3, -0.25) is 4.90 Å². The van der Waals surface area contributed by atoms with Gasteiger partial charge in [-0.15, -0.1) is 0 Å². The lowest BCUT2D eigenvalue weighted by atomic mass is 9.88. The predicted octanol–water partition coefficient (Wildman–Crippen LogP) is 5.84. The van der Waals surface area contributed by atoms with Crippen molar-refractivity contribution < 1.29 is 28.1 Å². The van der Waals surface area contributed by atoms with E-state index in [1.54, 1.807) is 19.1 Å². The van der Waals surface area contributed by atoms with Gasteiger partial charge in [0.25, 0.3) is 5.79 Å². The lowest BCUT2D eigenvalue weighted by Gasteiger charge is -2.33. The summed E-state index contributed by atoms with van der Waals surface area (Å²) in [7, 11) is 1.41. The van der Waals surface area contributed by atoms with Crippen molar-refractivity contribution >= 4 is 17.6 Å². The first-order valence-corrected chi connectivity index (χ1v) is 14.6. The number of aryl methyl sites for hydroxylation is 1. The van der Waals surface area contributed by atoms with Crippen LogP contribution in [0, 0.1) is 5.82 Å². The molecule has 2 saturated heterocycles. The molecular formula is C31H35ClFN3O5. The third kappa shape index (κ3) is 5.31. The maximum atomic E-state index is 14.8. The summed E-state index contributed by atoms with van der Waals surface area (Å²) in [6.45, 7) is 7.45. The van der Waals surface area contributed by atoms with Crippen LogP contribution in [-0.4, -0.2) is 53.3 Å². The topological polar surface area (TPSA) is 75.0 Å². The van der Waals surface area contributed by atoms with Gasteiger partial charge in [0.15, 0.2) is 17.2 Å². The van der Waals surface area contributed by atoms with Gasteiger partial charge in [0.05, 0.1) is 37.6 Å². The third-order valence-corrected chi connectivity index (χ3v) is 8.67. The molecule has 0 radical (unpaired) electrons. The number of ether oxygens (including phenoxy) is 4. The van der Waals surface area contributed by atoms with Crippen LogP contribution in [0.15, 0.2) is 36.4 Å². The summed E-state index contributed by atoms with van der Waals surface area (Å²) in [4.78, 5) is 19.9. The van der Waals surface area contributed by atoms with E-state index in [-0.39, 0.29) is 18.0 Å². The first-order chi connectivity index (χ1) is 19.8. The molecule has 1 aromatic heterocycles. The van der Waals surface area contributed by atoms with Crippen LogP contribution in [-0.2, 0) is 34.8 Å². The zero-order chi connectivity index (χ0) is 28.7. The van der Waals surface area contributed by atoms with Crippen molar-refractivity contribution in [2.24, 2.45) is 0 Å². The van der Waals surface area contributed by atoms with Crippen LogP contribution in [0.2, 0.25) is 5.02 Å². The Labute approximate surface area is 244 Å². The number of hydrogen-bond acceptors (Lipinski definition) is 7. The molecule has 2 fully saturated rings. The van der Waals surface area contributed by atoms with E-state index < -0.39 is 11.6 Å². The number of aromatic nitrogens is 2. The number of carbonyl (C=O) groups is 1. The summed E-state index contributed by atoms with van der Waals surface area (Å²) in [6, 6.07) is 10.4. The molecular weight excluding hydrogens is 549 g/mol. The van der Waals surface area contributed by atoms with E-state index >= 15 is 0 Å². The molecule has 4 heterocycles. The van der Waals surface area contributed by atoms with E-state index in [0.29, 0.717) is 47.3 Å². The minimum absolute atomic E-state index is 0.0937. The summed E-state index contributed by atoms with van der Waals surface area (Å²) < 4.78 is 40.1. The van der Waals surface area contributed by atoms with Crippen molar-refractivity contribution in [2.75, 3.05) is 26.8 Å². The number of imidazole rings is 1. The molecule has 0 saturated carbocycles. The van der Waals surface area contributed by atoms with Crippen molar-refractivity contribution in [3.8, 4) is 11.5 Å². The Morgan fingerprint density at radius 1 is 1.20 bits per heavy atom. The fraction of sp³-hybridized carbons (Fsp3) is 0.484. The number of benzene rings is 2. The van der Waals surface area contributed by atoms with Crippen molar-refractivity contribution in [1.29, 1.82) is 0 Å². The van der Waals surface area contributed by atoms with Crippen LogP contribution in [0.3, 0.4) is 0 Å². The first kappa shape index (κ1) is 28.0. The second-order valence-electron chi connectivity index (χ2n) is 11.1. The number of hydrogen-bond donors (Lipinski definition) is 0. The number of piperidine rings is 1. The van der Waals surface area contributed by atoms with Crippen molar-refractivity contribution in [3.05, 3.63) is 75.6 Å². The maximum absolute atomic E-state index is 14.8. The second-order valence-corrected chi connectivity index (χ2v) is 11.5. The van der Waals surface area contributed by atoms with Crippen molar-refractivity contribution in [2.45, 2.75) is 70.4 Å². The molecule has 0 N–H and O–H groups in total. The Kier molecular flexibility index (Phi) is 7.70. The molecule has 10 heteroatoms. The number of halogens is 2. The van der Waals surface area contributed by atoms with Gasteiger partial charge in [-0.1, -0.05) is 30.7 Å². The van der Waals surface area contributed by atoms with Crippen LogP contribution >= 0.6 is 11.6 Å². The average molecular weight is 584 g/mol. The summed E-state index contributed by atoms with van der Waals surface area (Å²) in [6.07, 6.45) is 3.56. The highest BCUT2D eigenvalue weighted by Gasteiger charge is 2.43. The van der Waals surface area contributed by atoms with Gasteiger partial charge >= 0.3 is 5.97 Å². The van der Waals surface area contributed by atoms with Gasteiger partial charge in [-0.05, 0) is 69.0 Å². The minimum atomic E-state index is -1.27. The molecule has 41 heavy (non-hydrogen) atoms. The molecule has 2 aromatic carbocycles. The van der Waals surface area contributed by atoms with E-state index in [2.05, 4.69) is 11.0 Å². The van der Waals surface area contributed by atoms with Crippen LogP contribution < -0.4 is 9.47 Å². The SMILES string of the molecule is CCc1nc(CN2CCC(c3cccc4c3OC(C)(c3ccc(Cl)cc3F)O4)CC2)n(CC2CCO2)c1C(=O)OC. The highest BCUT2D eigenvalue weighted by Crippen LogP contribution is 2.49. The number of methoxy groups -OCH3 is 1. The molecule has 0 aliphatic carbocycles. The standard InChI is InChI=1S/C31H35ClFN3O5/c1-4-25-28(30(37)38-3)36(17-21-12-15-39-21)27(34-25)18-35-13-10-19(11-14-35)22-6-5-7-26-29(22)41-31(2,40-26)23-9-8-20(32)16-24(23)33/h5-9,16,19,21H,4,10-15,17-18H2,1-3H3. The Balaban J connectivity index is 1.17. The van der Waals surface area contributed by atoms with Gasteiger partial charge in [-0.25, -0.2) is 14.2 Å². The largest absolute Gasteiger partial charge is 0.464 e. The number of esters is 1. The molecule has 0 amide bonds. The predicted molar refractivity (Wildman–Crippen MR) is 151 cm³/mol. The maximum Gasteiger partial charge on any atom is 0.356 e. The van der Waals surface area contributed by atoms with Gasteiger partial charge < -0.3 is 23.5 Å². The average Bonchev–Trinajstić information content (AvgIpc) is 3.47. The molecule has 0 bridgehead atoms. The molecule has 2 unspecified atom stereocenters. The molecule has 2 atom stereocenters. The number of rotatable bonds is 8. The summed E-state index contributed by atoms with van der Waals surface area (Å²) >= 11 is 5.97. The molecule has 8 nitrogen and oxygen atoms in total. The monoisotopic (exact) mass is 583 g/mol.